The highest BCUT2D eigenvalue weighted by atomic mass is 19.1. The van der Waals surface area contributed by atoms with Crippen LogP contribution in [-0.2, 0) is 4.79 Å². The summed E-state index contributed by atoms with van der Waals surface area (Å²) in [5, 5.41) is 20.2. The molecule has 10 nitrogen and oxygen atoms in total. The second-order valence-electron chi connectivity index (χ2n) is 9.64. The number of benzene rings is 1. The molecule has 1 amide bonds. The van der Waals surface area contributed by atoms with Gasteiger partial charge in [-0.2, -0.15) is 5.10 Å². The van der Waals surface area contributed by atoms with E-state index >= 15 is 0 Å². The second kappa shape index (κ2) is 9.60. The van der Waals surface area contributed by atoms with Gasteiger partial charge in [0.2, 0.25) is 5.91 Å². The van der Waals surface area contributed by atoms with Crippen LogP contribution < -0.4 is 5.32 Å². The monoisotopic (exact) mass is 522 g/mol. The van der Waals surface area contributed by atoms with Crippen LogP contribution in [0.25, 0.3) is 56.0 Å². The number of aromatic amines is 2. The molecule has 0 atom stereocenters. The van der Waals surface area contributed by atoms with E-state index < -0.39 is 5.82 Å². The minimum Gasteiger partial charge on any atom is -0.508 e. The van der Waals surface area contributed by atoms with E-state index in [0.29, 0.717) is 62.5 Å². The predicted molar refractivity (Wildman–Crippen MR) is 145 cm³/mol. The number of amides is 1. The van der Waals surface area contributed by atoms with Crippen molar-refractivity contribution in [3.8, 4) is 39.7 Å². The Morgan fingerprint density at radius 1 is 0.974 bits per heavy atom. The molecule has 0 unspecified atom stereocenters. The second-order valence-corrected chi connectivity index (χ2v) is 9.64. The van der Waals surface area contributed by atoms with E-state index in [2.05, 4.69) is 30.5 Å². The molecule has 0 aliphatic heterocycles. The number of H-pyrrole nitrogens is 2. The summed E-state index contributed by atoms with van der Waals surface area (Å²) in [6, 6.07) is 9.35. The van der Waals surface area contributed by atoms with Crippen molar-refractivity contribution in [3.05, 3.63) is 67.0 Å². The lowest BCUT2D eigenvalue weighted by Gasteiger charge is -2.08. The predicted octanol–water partition coefficient (Wildman–Crippen LogP) is 5.45. The fourth-order valence-corrected chi connectivity index (χ4v) is 4.44. The number of hydrogen-bond acceptors (Lipinski definition) is 7. The Labute approximate surface area is 221 Å². The average Bonchev–Trinajstić information content (AvgIpc) is 3.51. The van der Waals surface area contributed by atoms with Gasteiger partial charge in [-0.25, -0.2) is 14.4 Å². The third-order valence-corrected chi connectivity index (χ3v) is 6.13. The number of phenolic OH excluding ortho intramolecular Hbond substituents is 1. The first-order valence-electron chi connectivity index (χ1n) is 12.3. The lowest BCUT2D eigenvalue weighted by molar-refractivity contribution is -0.116. The fraction of sp³-hybridized carbons (Fsp3) is 0.143. The quantitative estimate of drug-likeness (QED) is 0.227. The van der Waals surface area contributed by atoms with Crippen molar-refractivity contribution in [3.63, 3.8) is 0 Å². The molecule has 194 valence electrons. The number of anilines is 1. The van der Waals surface area contributed by atoms with Crippen molar-refractivity contribution in [1.82, 2.24) is 35.1 Å². The standard InChI is InChI=1S/C28H23FN8O2/c1-14(2)5-24(39)32-18-7-16(10-30-11-18)21-3-4-22-26(33-21)27(37-36-22)28-34-23-13-31-12-20(25(23)35-28)15-6-17(29)9-19(38)8-15/h3-4,6-14,38H,5H2,1-2H3,(H,32,39)(H,34,35)(H,36,37). The van der Waals surface area contributed by atoms with Gasteiger partial charge in [0.25, 0.3) is 0 Å². The average molecular weight is 523 g/mol. The molecule has 0 saturated heterocycles. The molecule has 0 radical (unpaired) electrons. The molecular weight excluding hydrogens is 499 g/mol. The maximum absolute atomic E-state index is 14.0. The lowest BCUT2D eigenvalue weighted by Crippen LogP contribution is -2.14. The first-order valence-corrected chi connectivity index (χ1v) is 12.3. The zero-order valence-electron chi connectivity index (χ0n) is 21.0. The van der Waals surface area contributed by atoms with Gasteiger partial charge in [0.05, 0.1) is 40.3 Å². The Morgan fingerprint density at radius 2 is 1.82 bits per heavy atom. The number of halogens is 1. The molecule has 4 N–H and O–H groups in total. The number of aromatic nitrogens is 7. The summed E-state index contributed by atoms with van der Waals surface area (Å²) in [6.07, 6.45) is 6.89. The Balaban J connectivity index is 1.39. The highest BCUT2D eigenvalue weighted by Crippen LogP contribution is 2.33. The molecule has 0 spiro atoms. The molecule has 0 bridgehead atoms. The van der Waals surface area contributed by atoms with Crippen LogP contribution in [0.5, 0.6) is 5.75 Å². The van der Waals surface area contributed by atoms with Crippen molar-refractivity contribution in [1.29, 1.82) is 0 Å². The highest BCUT2D eigenvalue weighted by molar-refractivity contribution is 5.96. The van der Waals surface area contributed by atoms with Crippen molar-refractivity contribution in [2.24, 2.45) is 5.92 Å². The minimum atomic E-state index is -0.564. The number of pyridine rings is 3. The van der Waals surface area contributed by atoms with E-state index in [1.165, 1.54) is 12.1 Å². The maximum atomic E-state index is 14.0. The fourth-order valence-electron chi connectivity index (χ4n) is 4.44. The number of fused-ring (bicyclic) bond motifs is 2. The third kappa shape index (κ3) is 4.77. The number of imidazole rings is 1. The summed E-state index contributed by atoms with van der Waals surface area (Å²) in [6.45, 7) is 3.98. The number of carbonyl (C=O) groups is 1. The molecule has 0 aliphatic rings. The Morgan fingerprint density at radius 3 is 2.64 bits per heavy atom. The number of carbonyl (C=O) groups excluding carboxylic acids is 1. The van der Waals surface area contributed by atoms with Crippen LogP contribution in [0.3, 0.4) is 0 Å². The molecular formula is C28H23FN8O2. The lowest BCUT2D eigenvalue weighted by atomic mass is 10.1. The molecule has 6 aromatic rings. The molecule has 0 aliphatic carbocycles. The third-order valence-electron chi connectivity index (χ3n) is 6.13. The number of rotatable bonds is 6. The van der Waals surface area contributed by atoms with Crippen molar-refractivity contribution in [2.45, 2.75) is 20.3 Å². The smallest absolute Gasteiger partial charge is 0.224 e. The van der Waals surface area contributed by atoms with Gasteiger partial charge in [-0.05, 0) is 41.8 Å². The Kier molecular flexibility index (Phi) is 5.95. The van der Waals surface area contributed by atoms with Gasteiger partial charge in [-0.1, -0.05) is 13.8 Å². The summed E-state index contributed by atoms with van der Waals surface area (Å²) in [5.74, 6) is -0.132. The van der Waals surface area contributed by atoms with Gasteiger partial charge in [-0.3, -0.25) is 19.9 Å². The molecule has 1 aromatic carbocycles. The number of phenols is 1. The number of nitrogens with one attached hydrogen (secondary N) is 3. The normalized spacial score (nSPS) is 11.5. The largest absolute Gasteiger partial charge is 0.508 e. The van der Waals surface area contributed by atoms with Gasteiger partial charge < -0.3 is 15.4 Å². The van der Waals surface area contributed by atoms with E-state index in [1.54, 1.807) is 24.8 Å². The van der Waals surface area contributed by atoms with Gasteiger partial charge in [0.1, 0.15) is 17.1 Å². The van der Waals surface area contributed by atoms with Gasteiger partial charge >= 0.3 is 0 Å². The minimum absolute atomic E-state index is 0.0725. The van der Waals surface area contributed by atoms with E-state index in [1.807, 2.05) is 32.0 Å². The zero-order chi connectivity index (χ0) is 27.1. The summed E-state index contributed by atoms with van der Waals surface area (Å²) in [7, 11) is 0. The summed E-state index contributed by atoms with van der Waals surface area (Å²) in [4.78, 5) is 33.5. The Bertz CT molecular complexity index is 1840. The van der Waals surface area contributed by atoms with E-state index in [9.17, 15) is 14.3 Å². The SMILES string of the molecule is CC(C)CC(=O)Nc1cncc(-c2ccc3[nH]nc(-c4nc5c(-c6cc(O)cc(F)c6)cncc5[nH]4)c3n2)c1. The summed E-state index contributed by atoms with van der Waals surface area (Å²) < 4.78 is 14.0. The van der Waals surface area contributed by atoms with Crippen LogP contribution in [0.2, 0.25) is 0 Å². The van der Waals surface area contributed by atoms with Crippen LogP contribution in [-0.4, -0.2) is 46.1 Å². The molecule has 5 heterocycles. The van der Waals surface area contributed by atoms with Crippen LogP contribution in [0.15, 0.2) is 61.2 Å². The van der Waals surface area contributed by atoms with Crippen molar-refractivity contribution >= 4 is 33.7 Å². The topological polar surface area (TPSA) is 145 Å². The summed E-state index contributed by atoms with van der Waals surface area (Å²) in [5.41, 5.74) is 5.91. The number of aromatic hydroxyl groups is 1. The van der Waals surface area contributed by atoms with Crippen molar-refractivity contribution < 1.29 is 14.3 Å². The first-order chi connectivity index (χ1) is 18.8. The number of nitrogens with zero attached hydrogens (tertiary/aromatic N) is 5. The Hall–Kier alpha value is -5.19. The van der Waals surface area contributed by atoms with Gasteiger partial charge in [0.15, 0.2) is 11.5 Å². The first kappa shape index (κ1) is 24.2. The molecule has 0 fully saturated rings. The van der Waals surface area contributed by atoms with E-state index in [4.69, 9.17) is 9.97 Å². The van der Waals surface area contributed by atoms with Crippen LogP contribution in [0.1, 0.15) is 20.3 Å². The molecule has 0 saturated carbocycles. The molecule has 11 heteroatoms. The molecule has 39 heavy (non-hydrogen) atoms. The van der Waals surface area contributed by atoms with Crippen LogP contribution in [0.4, 0.5) is 10.1 Å². The van der Waals surface area contributed by atoms with Gasteiger partial charge in [-0.15, -0.1) is 0 Å². The summed E-state index contributed by atoms with van der Waals surface area (Å²) >= 11 is 0. The van der Waals surface area contributed by atoms with Crippen LogP contribution >= 0.6 is 0 Å². The van der Waals surface area contributed by atoms with Crippen molar-refractivity contribution in [2.75, 3.05) is 5.32 Å². The molecule has 6 rings (SSSR count). The van der Waals surface area contributed by atoms with E-state index in [-0.39, 0.29) is 17.6 Å². The molecule has 5 aromatic heterocycles. The number of hydrogen-bond donors (Lipinski definition) is 4. The van der Waals surface area contributed by atoms with Crippen LogP contribution in [0, 0.1) is 11.7 Å². The highest BCUT2D eigenvalue weighted by Gasteiger charge is 2.18. The van der Waals surface area contributed by atoms with Gasteiger partial charge in [0, 0.05) is 36.0 Å². The maximum Gasteiger partial charge on any atom is 0.224 e. The zero-order valence-corrected chi connectivity index (χ0v) is 21.0. The van der Waals surface area contributed by atoms with E-state index in [0.717, 1.165) is 11.6 Å².